The third kappa shape index (κ3) is 3.76. The standard InChI is InChI=1S/C17H26N3O4S/c1-13(2)14(3)17(21)20(22,15-7-6-10-18-12-9-15)25(23,24)16-8-4-5-11-19-16/h4-5,8,11,13-15,18H,1,6-7,9-10,12H2,2-3H3. The van der Waals surface area contributed by atoms with Gasteiger partial charge in [-0.25, -0.2) is 9.78 Å². The van der Waals surface area contributed by atoms with Crippen molar-refractivity contribution in [1.29, 1.82) is 0 Å². The summed E-state index contributed by atoms with van der Waals surface area (Å²) in [5, 5.41) is 16.6. The number of nitrogens with one attached hydrogen (secondary N) is 1. The largest absolute Gasteiger partial charge is 0.608 e. The molecule has 1 aliphatic heterocycles. The summed E-state index contributed by atoms with van der Waals surface area (Å²) >= 11 is 0. The second-order valence-electron chi connectivity index (χ2n) is 6.68. The van der Waals surface area contributed by atoms with Crippen LogP contribution in [0, 0.1) is 24.0 Å². The molecular weight excluding hydrogens is 342 g/mol. The summed E-state index contributed by atoms with van der Waals surface area (Å²) in [7, 11) is -4.53. The summed E-state index contributed by atoms with van der Waals surface area (Å²) in [6, 6.07) is 3.48. The van der Waals surface area contributed by atoms with Crippen LogP contribution in [0.25, 0.3) is 0 Å². The van der Waals surface area contributed by atoms with Crippen LogP contribution in [0.4, 0.5) is 0 Å². The van der Waals surface area contributed by atoms with E-state index in [1.54, 1.807) is 19.9 Å². The molecule has 1 N–H and O–H groups in total. The molecule has 0 aromatic carbocycles. The number of sulfonamides is 1. The van der Waals surface area contributed by atoms with E-state index in [1.807, 2.05) is 0 Å². The first kappa shape index (κ1) is 20.0. The highest BCUT2D eigenvalue weighted by atomic mass is 32.2. The topological polar surface area (TPSA) is 99.2 Å². The molecule has 1 aromatic heterocycles. The van der Waals surface area contributed by atoms with Gasteiger partial charge in [0.05, 0.1) is 5.92 Å². The van der Waals surface area contributed by atoms with Crippen molar-refractivity contribution in [2.24, 2.45) is 11.8 Å². The molecule has 0 bridgehead atoms. The number of carbonyl (C=O) groups excluding carboxylic acids is 1. The SMILES string of the molecule is [CH2]C(C)C(C)C(=O)[N+]([O-])(C1CCCNCC1)S(=O)(=O)c1ccccn1. The molecule has 0 spiro atoms. The van der Waals surface area contributed by atoms with Gasteiger partial charge in [-0.3, -0.25) is 0 Å². The van der Waals surface area contributed by atoms with Gasteiger partial charge in [0.2, 0.25) is 5.03 Å². The summed E-state index contributed by atoms with van der Waals surface area (Å²) in [6.45, 7) is 8.28. The molecule has 1 aliphatic rings. The fraction of sp³-hybridized carbons (Fsp3) is 0.588. The zero-order valence-corrected chi connectivity index (χ0v) is 15.5. The van der Waals surface area contributed by atoms with Crippen LogP contribution in [0.15, 0.2) is 29.4 Å². The molecule has 139 valence electrons. The molecule has 1 fully saturated rings. The Hall–Kier alpha value is -1.35. The first-order chi connectivity index (χ1) is 11.7. The van der Waals surface area contributed by atoms with Crippen molar-refractivity contribution in [1.82, 2.24) is 10.3 Å². The maximum Gasteiger partial charge on any atom is 0.351 e. The quantitative estimate of drug-likeness (QED) is 0.629. The highest BCUT2D eigenvalue weighted by Gasteiger charge is 2.51. The molecule has 1 aromatic rings. The van der Waals surface area contributed by atoms with Gasteiger partial charge in [0.25, 0.3) is 0 Å². The lowest BCUT2D eigenvalue weighted by atomic mass is 9.96. The lowest BCUT2D eigenvalue weighted by molar-refractivity contribution is -0.707. The van der Waals surface area contributed by atoms with Gasteiger partial charge in [0.1, 0.15) is 6.04 Å². The molecule has 0 aliphatic carbocycles. The Morgan fingerprint density at radius 3 is 2.68 bits per heavy atom. The highest BCUT2D eigenvalue weighted by molar-refractivity contribution is 7.86. The minimum atomic E-state index is -4.53. The van der Waals surface area contributed by atoms with Crippen LogP contribution in [0.1, 0.15) is 33.1 Å². The van der Waals surface area contributed by atoms with Gasteiger partial charge in [0, 0.05) is 25.6 Å². The Bertz CT molecular complexity index is 685. The zero-order valence-electron chi connectivity index (χ0n) is 14.7. The molecule has 4 unspecified atom stereocenters. The molecule has 0 saturated carbocycles. The second-order valence-corrected chi connectivity index (χ2v) is 8.59. The smallest absolute Gasteiger partial charge is 0.351 e. The minimum absolute atomic E-state index is 0.319. The molecule has 7 nitrogen and oxygen atoms in total. The summed E-state index contributed by atoms with van der Waals surface area (Å²) in [4.78, 5) is 16.9. The predicted molar refractivity (Wildman–Crippen MR) is 94.3 cm³/mol. The van der Waals surface area contributed by atoms with Crippen molar-refractivity contribution in [3.8, 4) is 0 Å². The predicted octanol–water partition coefficient (Wildman–Crippen LogP) is 1.86. The molecule has 1 radical (unpaired) electrons. The maximum atomic E-state index is 13.8. The second kappa shape index (κ2) is 7.90. The summed E-state index contributed by atoms with van der Waals surface area (Å²) < 4.78 is 24.5. The third-order valence-electron chi connectivity index (χ3n) is 4.84. The lowest BCUT2D eigenvalue weighted by Crippen LogP contribution is -2.61. The fourth-order valence-electron chi connectivity index (χ4n) is 3.00. The van der Waals surface area contributed by atoms with E-state index >= 15 is 0 Å². The van der Waals surface area contributed by atoms with Crippen molar-refractivity contribution in [3.63, 3.8) is 0 Å². The molecule has 8 heteroatoms. The summed E-state index contributed by atoms with van der Waals surface area (Å²) in [5.74, 6) is -2.01. The van der Waals surface area contributed by atoms with Crippen LogP contribution < -0.4 is 5.32 Å². The number of aromatic nitrogens is 1. The van der Waals surface area contributed by atoms with Gasteiger partial charge < -0.3 is 10.5 Å². The van der Waals surface area contributed by atoms with E-state index in [2.05, 4.69) is 17.2 Å². The molecule has 2 rings (SSSR count). The Balaban J connectivity index is 2.57. The number of pyridine rings is 1. The third-order valence-corrected chi connectivity index (χ3v) is 6.80. The van der Waals surface area contributed by atoms with Crippen molar-refractivity contribution >= 4 is 15.9 Å². The van der Waals surface area contributed by atoms with Gasteiger partial charge in [-0.2, -0.15) is 12.5 Å². The molecule has 1 saturated heterocycles. The maximum absolute atomic E-state index is 13.8. The summed E-state index contributed by atoms with van der Waals surface area (Å²) in [6.07, 6.45) is 2.64. The average Bonchev–Trinajstić information content (AvgIpc) is 2.89. The fourth-order valence-corrected chi connectivity index (χ4v) is 4.73. The van der Waals surface area contributed by atoms with Crippen LogP contribution in [-0.2, 0) is 14.8 Å². The van der Waals surface area contributed by atoms with E-state index in [9.17, 15) is 18.4 Å². The van der Waals surface area contributed by atoms with Crippen molar-refractivity contribution in [2.45, 2.75) is 44.2 Å². The van der Waals surface area contributed by atoms with Crippen LogP contribution in [-0.4, -0.2) is 42.5 Å². The summed E-state index contributed by atoms with van der Waals surface area (Å²) in [5.41, 5.74) is 0. The Morgan fingerprint density at radius 1 is 1.36 bits per heavy atom. The van der Waals surface area contributed by atoms with E-state index in [0.29, 0.717) is 32.4 Å². The minimum Gasteiger partial charge on any atom is -0.608 e. The van der Waals surface area contributed by atoms with E-state index in [1.165, 1.54) is 18.3 Å². The van der Waals surface area contributed by atoms with Crippen LogP contribution in [0.5, 0.6) is 0 Å². The van der Waals surface area contributed by atoms with Crippen LogP contribution in [0.2, 0.25) is 0 Å². The van der Waals surface area contributed by atoms with Gasteiger partial charge >= 0.3 is 15.9 Å². The molecule has 4 atom stereocenters. The Kier molecular flexibility index (Phi) is 6.31. The molecule has 1 amide bonds. The number of quaternary nitrogens is 1. The van der Waals surface area contributed by atoms with Gasteiger partial charge in [-0.1, -0.05) is 13.0 Å². The number of hydroxylamine groups is 2. The normalized spacial score (nSPS) is 22.8. The number of hydrogen-bond donors (Lipinski definition) is 1. The highest BCUT2D eigenvalue weighted by Crippen LogP contribution is 2.34. The average molecular weight is 368 g/mol. The van der Waals surface area contributed by atoms with Gasteiger partial charge in [-0.05, 0) is 44.9 Å². The molecular formula is C17H26N3O4S. The number of carbonyl (C=O) groups is 1. The monoisotopic (exact) mass is 368 g/mol. The van der Waals surface area contributed by atoms with Crippen molar-refractivity contribution < 1.29 is 17.3 Å². The van der Waals surface area contributed by atoms with E-state index < -0.39 is 31.9 Å². The first-order valence-electron chi connectivity index (χ1n) is 8.57. The van der Waals surface area contributed by atoms with Gasteiger partial charge in [-0.15, -0.1) is 0 Å². The molecule has 2 heterocycles. The number of nitrogens with zero attached hydrogens (tertiary/aromatic N) is 2. The van der Waals surface area contributed by atoms with Crippen LogP contribution >= 0.6 is 0 Å². The first-order valence-corrected chi connectivity index (χ1v) is 10.0. The van der Waals surface area contributed by atoms with E-state index in [-0.39, 0.29) is 10.9 Å². The molecule has 25 heavy (non-hydrogen) atoms. The van der Waals surface area contributed by atoms with E-state index in [0.717, 1.165) is 0 Å². The number of amides is 1. The van der Waals surface area contributed by atoms with Gasteiger partial charge in [0.15, 0.2) is 0 Å². The number of hydrogen-bond acceptors (Lipinski definition) is 6. The Labute approximate surface area is 149 Å². The zero-order chi connectivity index (χ0) is 18.7. The number of rotatable bonds is 5. The van der Waals surface area contributed by atoms with Crippen LogP contribution in [0.3, 0.4) is 0 Å². The van der Waals surface area contributed by atoms with Crippen molar-refractivity contribution in [2.75, 3.05) is 13.1 Å². The van der Waals surface area contributed by atoms with Crippen molar-refractivity contribution in [3.05, 3.63) is 36.5 Å². The Morgan fingerprint density at radius 2 is 2.08 bits per heavy atom. The van der Waals surface area contributed by atoms with E-state index in [4.69, 9.17) is 0 Å². The lowest BCUT2D eigenvalue weighted by Gasteiger charge is -2.44.